The predicted octanol–water partition coefficient (Wildman–Crippen LogP) is 3.02. The van der Waals surface area contributed by atoms with Crippen LogP contribution >= 0.6 is 0 Å². The molecule has 0 saturated carbocycles. The van der Waals surface area contributed by atoms with Gasteiger partial charge in [-0.3, -0.25) is 0 Å². The Morgan fingerprint density at radius 3 is 2.44 bits per heavy atom. The van der Waals surface area contributed by atoms with Crippen molar-refractivity contribution in [1.82, 2.24) is 4.90 Å². The first kappa shape index (κ1) is 15.1. The quantitative estimate of drug-likeness (QED) is 0.787. The molecule has 1 saturated heterocycles. The van der Waals surface area contributed by atoms with E-state index < -0.39 is 17.8 Å². The third-order valence-corrected chi connectivity index (χ3v) is 2.53. The van der Waals surface area contributed by atoms with Crippen LogP contribution in [0.15, 0.2) is 0 Å². The number of hydrogen-bond donors (Lipinski definition) is 0. The van der Waals surface area contributed by atoms with Gasteiger partial charge in [-0.25, -0.2) is 4.79 Å². The first-order valence-corrected chi connectivity index (χ1v) is 6.10. The summed E-state index contributed by atoms with van der Waals surface area (Å²) in [6.07, 6.45) is -2.19. The topological polar surface area (TPSA) is 38.8 Å². The summed E-state index contributed by atoms with van der Waals surface area (Å²) in [5, 5.41) is 0. The number of nitrogens with zero attached hydrogens (tertiary/aromatic N) is 1. The van der Waals surface area contributed by atoms with Crippen LogP contribution in [0.25, 0.3) is 0 Å². The summed E-state index contributed by atoms with van der Waals surface area (Å²) in [7, 11) is 0. The van der Waals surface area contributed by atoms with E-state index in [9.17, 15) is 13.6 Å². The van der Waals surface area contributed by atoms with E-state index in [2.05, 4.69) is 4.74 Å². The lowest BCUT2D eigenvalue weighted by molar-refractivity contribution is -0.229. The lowest BCUT2D eigenvalue weighted by atomic mass is 10.2. The molecule has 0 aromatic rings. The van der Waals surface area contributed by atoms with Gasteiger partial charge < -0.3 is 14.4 Å². The van der Waals surface area contributed by atoms with Gasteiger partial charge in [0.1, 0.15) is 5.60 Å². The zero-order chi connectivity index (χ0) is 14.0. The van der Waals surface area contributed by atoms with Crippen molar-refractivity contribution in [2.75, 3.05) is 13.2 Å². The molecule has 0 aliphatic carbocycles. The van der Waals surface area contributed by atoms with Gasteiger partial charge in [-0.05, 0) is 33.6 Å². The molecule has 0 N–H and O–H groups in total. The van der Waals surface area contributed by atoms with Crippen LogP contribution in [0, 0.1) is 0 Å². The summed E-state index contributed by atoms with van der Waals surface area (Å²) in [5.74, 6) is 0. The molecule has 1 aliphatic heterocycles. The van der Waals surface area contributed by atoms with Gasteiger partial charge in [0.25, 0.3) is 0 Å². The number of likely N-dealkylation sites (tertiary alicyclic amines) is 1. The number of hydrogen-bond acceptors (Lipinski definition) is 3. The number of carbonyl (C=O) groups is 1. The Morgan fingerprint density at radius 2 is 1.94 bits per heavy atom. The Labute approximate surface area is 106 Å². The molecule has 1 amide bonds. The number of carbonyl (C=O) groups excluding carboxylic acids is 1. The van der Waals surface area contributed by atoms with Crippen LogP contribution in [0.5, 0.6) is 0 Å². The van der Waals surface area contributed by atoms with Gasteiger partial charge >= 0.3 is 12.2 Å². The van der Waals surface area contributed by atoms with Crippen LogP contribution in [0.1, 0.15) is 40.5 Å². The fourth-order valence-corrected chi connectivity index (χ4v) is 1.81. The Morgan fingerprint density at radius 1 is 1.33 bits per heavy atom. The van der Waals surface area contributed by atoms with Crippen LogP contribution in [-0.4, -0.2) is 41.9 Å². The first-order chi connectivity index (χ1) is 8.08. The van der Waals surface area contributed by atoms with Gasteiger partial charge in [0, 0.05) is 13.5 Å². The van der Waals surface area contributed by atoms with E-state index in [4.69, 9.17) is 4.74 Å². The second-order valence-corrected chi connectivity index (χ2v) is 5.59. The summed E-state index contributed by atoms with van der Waals surface area (Å²) in [4.78, 5) is 13.3. The minimum Gasteiger partial charge on any atom is -0.444 e. The highest BCUT2D eigenvalue weighted by Crippen LogP contribution is 2.23. The van der Waals surface area contributed by atoms with E-state index in [0.717, 1.165) is 6.42 Å². The summed E-state index contributed by atoms with van der Waals surface area (Å²) < 4.78 is 34.9. The van der Waals surface area contributed by atoms with Gasteiger partial charge in [-0.15, -0.1) is 0 Å². The van der Waals surface area contributed by atoms with Crippen molar-refractivity contribution < 1.29 is 23.0 Å². The summed E-state index contributed by atoms with van der Waals surface area (Å²) in [6, 6.07) is -0.328. The molecule has 1 heterocycles. The van der Waals surface area contributed by atoms with E-state index in [0.29, 0.717) is 19.9 Å². The van der Waals surface area contributed by atoms with Gasteiger partial charge in [-0.2, -0.15) is 8.78 Å². The van der Waals surface area contributed by atoms with Gasteiger partial charge in [0.2, 0.25) is 0 Å². The second kappa shape index (κ2) is 5.38. The predicted molar refractivity (Wildman–Crippen MR) is 62.5 cm³/mol. The molecule has 0 spiro atoms. The van der Waals surface area contributed by atoms with E-state index in [-0.39, 0.29) is 12.6 Å². The Kier molecular flexibility index (Phi) is 4.53. The van der Waals surface area contributed by atoms with Crippen molar-refractivity contribution in [3.05, 3.63) is 0 Å². The second-order valence-electron chi connectivity index (χ2n) is 5.59. The van der Waals surface area contributed by atoms with E-state index in [1.54, 1.807) is 20.8 Å². The fourth-order valence-electron chi connectivity index (χ4n) is 1.81. The minimum absolute atomic E-state index is 0.164. The molecule has 0 aromatic heterocycles. The fraction of sp³-hybridized carbons (Fsp3) is 0.917. The van der Waals surface area contributed by atoms with E-state index >= 15 is 0 Å². The lowest BCUT2D eigenvalue weighted by Gasteiger charge is -2.29. The maximum absolute atomic E-state index is 12.6. The van der Waals surface area contributed by atoms with Crippen LogP contribution in [0.2, 0.25) is 0 Å². The Balaban J connectivity index is 2.51. The maximum atomic E-state index is 12.6. The van der Waals surface area contributed by atoms with Crippen molar-refractivity contribution in [3.63, 3.8) is 0 Å². The first-order valence-electron chi connectivity index (χ1n) is 6.10. The average Bonchev–Trinajstić information content (AvgIpc) is 2.58. The smallest absolute Gasteiger partial charge is 0.410 e. The average molecular weight is 265 g/mol. The number of alkyl halides is 2. The van der Waals surface area contributed by atoms with Gasteiger partial charge in [0.15, 0.2) is 0 Å². The van der Waals surface area contributed by atoms with Crippen molar-refractivity contribution in [1.29, 1.82) is 0 Å². The van der Waals surface area contributed by atoms with Crippen molar-refractivity contribution >= 4 is 6.09 Å². The van der Waals surface area contributed by atoms with E-state index in [1.165, 1.54) is 4.90 Å². The molecular formula is C12H21F2NO3. The normalized spacial score (nSPS) is 21.2. The number of rotatable bonds is 3. The Hall–Kier alpha value is -0.910. The summed E-state index contributed by atoms with van der Waals surface area (Å²) >= 11 is 0. The lowest BCUT2D eigenvalue weighted by Crippen LogP contribution is -2.42. The highest BCUT2D eigenvalue weighted by Gasteiger charge is 2.34. The molecule has 1 rings (SSSR count). The summed E-state index contributed by atoms with van der Waals surface area (Å²) in [5.41, 5.74) is -0.584. The minimum atomic E-state index is -3.16. The van der Waals surface area contributed by atoms with Crippen LogP contribution in [0.4, 0.5) is 13.6 Å². The zero-order valence-electron chi connectivity index (χ0n) is 11.3. The van der Waals surface area contributed by atoms with Crippen LogP contribution in [-0.2, 0) is 9.47 Å². The number of ether oxygens (including phenoxy) is 2. The third-order valence-electron chi connectivity index (χ3n) is 2.53. The highest BCUT2D eigenvalue weighted by atomic mass is 19.3. The zero-order valence-corrected chi connectivity index (χ0v) is 11.3. The molecule has 6 heteroatoms. The monoisotopic (exact) mass is 265 g/mol. The van der Waals surface area contributed by atoms with Crippen molar-refractivity contribution in [2.24, 2.45) is 0 Å². The molecular weight excluding hydrogens is 244 g/mol. The molecule has 4 nitrogen and oxygen atoms in total. The van der Waals surface area contributed by atoms with Gasteiger partial charge in [0.05, 0.1) is 12.6 Å². The molecule has 1 atom stereocenters. The third kappa shape index (κ3) is 5.16. The van der Waals surface area contributed by atoms with Crippen molar-refractivity contribution in [2.45, 2.75) is 58.3 Å². The molecule has 1 unspecified atom stereocenters. The van der Waals surface area contributed by atoms with E-state index in [1.807, 2.05) is 0 Å². The maximum Gasteiger partial charge on any atom is 0.410 e. The molecule has 18 heavy (non-hydrogen) atoms. The molecule has 106 valence electrons. The molecule has 0 radical (unpaired) electrons. The van der Waals surface area contributed by atoms with Crippen molar-refractivity contribution in [3.8, 4) is 0 Å². The molecule has 0 aromatic carbocycles. The molecule has 1 aliphatic rings. The largest absolute Gasteiger partial charge is 0.444 e. The highest BCUT2D eigenvalue weighted by molar-refractivity contribution is 5.68. The molecule has 1 fully saturated rings. The number of halogens is 2. The van der Waals surface area contributed by atoms with Crippen LogP contribution < -0.4 is 0 Å². The summed E-state index contributed by atoms with van der Waals surface area (Å²) in [6.45, 7) is 6.37. The Bertz CT molecular complexity index is 297. The van der Waals surface area contributed by atoms with Crippen LogP contribution in [0.3, 0.4) is 0 Å². The molecule has 0 bridgehead atoms. The number of amides is 1. The standard InChI is InChI=1S/C12H21F2NO3/c1-11(2,3)18-10(16)15-7-5-6-9(15)8-17-12(4,13)14/h9H,5-8H2,1-4H3. The van der Waals surface area contributed by atoms with Gasteiger partial charge in [-0.1, -0.05) is 0 Å². The SMILES string of the molecule is CC(C)(C)OC(=O)N1CCCC1COC(C)(F)F.